The number of amides is 1. The third-order valence-corrected chi connectivity index (χ3v) is 3.90. The van der Waals surface area contributed by atoms with Gasteiger partial charge in [0.25, 0.3) is 0 Å². The third kappa shape index (κ3) is 4.81. The van der Waals surface area contributed by atoms with E-state index in [1.54, 1.807) is 25.0 Å². The van der Waals surface area contributed by atoms with Gasteiger partial charge in [-0.05, 0) is 30.5 Å². The van der Waals surface area contributed by atoms with E-state index in [2.05, 4.69) is 5.32 Å². The smallest absolute Gasteiger partial charge is 0.409 e. The molecule has 0 spiro atoms. The Labute approximate surface area is 139 Å². The number of anilines is 1. The first-order valence-corrected chi connectivity index (χ1v) is 7.58. The highest BCUT2D eigenvalue weighted by Gasteiger charge is 2.34. The molecule has 2 rings (SSSR count). The molecule has 8 nitrogen and oxygen atoms in total. The number of nitrogen functional groups attached to an aromatic ring is 1. The van der Waals surface area contributed by atoms with E-state index in [4.69, 9.17) is 15.6 Å². The molecule has 0 radical (unpaired) electrons. The zero-order valence-corrected chi connectivity index (χ0v) is 13.2. The Morgan fingerprint density at radius 3 is 2.71 bits per heavy atom. The van der Waals surface area contributed by atoms with Gasteiger partial charge < -0.3 is 20.7 Å². The minimum atomic E-state index is -1.32. The van der Waals surface area contributed by atoms with Crippen LogP contribution in [0.1, 0.15) is 18.9 Å². The van der Waals surface area contributed by atoms with Crippen LogP contribution >= 0.6 is 0 Å². The summed E-state index contributed by atoms with van der Waals surface area (Å²) in [6, 6.07) is 7.03. The van der Waals surface area contributed by atoms with Crippen molar-refractivity contribution in [3.05, 3.63) is 35.5 Å². The minimum absolute atomic E-state index is 0.0654. The Kier molecular flexibility index (Phi) is 5.94. The first kappa shape index (κ1) is 18.0. The van der Waals surface area contributed by atoms with Gasteiger partial charge in [0.15, 0.2) is 6.29 Å². The number of aliphatic hydroxyl groups excluding tert-OH is 1. The molecule has 0 saturated carbocycles. The van der Waals surface area contributed by atoms with Crippen molar-refractivity contribution in [2.45, 2.75) is 38.3 Å². The average Bonchev–Trinajstić information content (AvgIpc) is 2.86. The first-order chi connectivity index (χ1) is 11.4. The lowest BCUT2D eigenvalue weighted by atomic mass is 10.0. The molecule has 130 valence electrons. The van der Waals surface area contributed by atoms with Gasteiger partial charge in [0.1, 0.15) is 17.9 Å². The summed E-state index contributed by atoms with van der Waals surface area (Å²) in [5.41, 5.74) is 7.24. The maximum absolute atomic E-state index is 10.8. The number of carbonyl (C=O) groups is 1. The second kappa shape index (κ2) is 7.94. The summed E-state index contributed by atoms with van der Waals surface area (Å²) < 4.78 is 5.44. The number of allylic oxidation sites excluding steroid dienone is 1. The van der Waals surface area contributed by atoms with E-state index in [0.29, 0.717) is 18.5 Å². The average molecular weight is 335 g/mol. The second-order valence-electron chi connectivity index (χ2n) is 5.82. The van der Waals surface area contributed by atoms with E-state index in [1.165, 1.54) is 0 Å². The standard InChI is InChI=1S/C16H21N3O5/c1-9(13(8-20)19-16(22)23)6-14-18-12(15(21)24-14)7-10-2-4-11(17)5-3-10/h2-5,9,12,14-15,18-19,21H,6-7,17H2,1H3,(H,22,23). The Balaban J connectivity index is 1.91. The van der Waals surface area contributed by atoms with Crippen molar-refractivity contribution in [3.63, 3.8) is 0 Å². The van der Waals surface area contributed by atoms with Gasteiger partial charge in [-0.15, -0.1) is 0 Å². The number of carboxylic acid groups (broad SMARTS) is 1. The van der Waals surface area contributed by atoms with Crippen molar-refractivity contribution in [3.8, 4) is 0 Å². The highest BCUT2D eigenvalue weighted by Crippen LogP contribution is 2.22. The van der Waals surface area contributed by atoms with Crippen LogP contribution in [-0.2, 0) is 16.0 Å². The van der Waals surface area contributed by atoms with Crippen LogP contribution in [0.15, 0.2) is 30.0 Å². The quantitative estimate of drug-likeness (QED) is 0.376. The molecule has 1 heterocycles. The Hall–Kier alpha value is -2.38. The number of hydrogen-bond acceptors (Lipinski definition) is 6. The molecule has 4 atom stereocenters. The van der Waals surface area contributed by atoms with Crippen LogP contribution in [0, 0.1) is 5.92 Å². The molecule has 1 amide bonds. The lowest BCUT2D eigenvalue weighted by Crippen LogP contribution is -2.36. The fourth-order valence-corrected chi connectivity index (χ4v) is 2.62. The summed E-state index contributed by atoms with van der Waals surface area (Å²) in [7, 11) is 0. The van der Waals surface area contributed by atoms with Crippen LogP contribution in [0.25, 0.3) is 0 Å². The number of ether oxygens (including phenoxy) is 1. The van der Waals surface area contributed by atoms with Crippen LogP contribution in [-0.4, -0.2) is 40.8 Å². The molecule has 0 bridgehead atoms. The van der Waals surface area contributed by atoms with E-state index < -0.39 is 24.5 Å². The normalized spacial score (nSPS) is 24.2. The zero-order valence-electron chi connectivity index (χ0n) is 13.2. The molecular formula is C16H21N3O5. The van der Waals surface area contributed by atoms with Gasteiger partial charge in [-0.1, -0.05) is 19.1 Å². The predicted octanol–water partition coefficient (Wildman–Crippen LogP) is 0.454. The largest absolute Gasteiger partial charge is 0.465 e. The fourth-order valence-electron chi connectivity index (χ4n) is 2.62. The van der Waals surface area contributed by atoms with E-state index in [1.807, 2.05) is 17.4 Å². The van der Waals surface area contributed by atoms with Gasteiger partial charge in [-0.2, -0.15) is 0 Å². The van der Waals surface area contributed by atoms with Gasteiger partial charge >= 0.3 is 6.09 Å². The van der Waals surface area contributed by atoms with Crippen LogP contribution in [0.4, 0.5) is 10.5 Å². The van der Waals surface area contributed by atoms with E-state index in [-0.39, 0.29) is 11.7 Å². The van der Waals surface area contributed by atoms with Crippen molar-refractivity contribution in [1.29, 1.82) is 0 Å². The van der Waals surface area contributed by atoms with Crippen molar-refractivity contribution < 1.29 is 24.5 Å². The highest BCUT2D eigenvalue weighted by molar-refractivity contribution is 5.71. The summed E-state index contributed by atoms with van der Waals surface area (Å²) in [5, 5.41) is 23.9. The van der Waals surface area contributed by atoms with Crippen LogP contribution < -0.4 is 16.4 Å². The molecule has 1 aliphatic rings. The minimum Gasteiger partial charge on any atom is -0.465 e. The molecule has 0 aliphatic carbocycles. The maximum Gasteiger partial charge on any atom is 0.409 e. The number of hydrogen-bond donors (Lipinski definition) is 5. The van der Waals surface area contributed by atoms with E-state index in [0.717, 1.165) is 5.56 Å². The summed E-state index contributed by atoms with van der Waals surface area (Å²) >= 11 is 0. The van der Waals surface area contributed by atoms with Crippen LogP contribution in [0.5, 0.6) is 0 Å². The first-order valence-electron chi connectivity index (χ1n) is 7.58. The van der Waals surface area contributed by atoms with Gasteiger partial charge in [0.05, 0.1) is 6.04 Å². The summed E-state index contributed by atoms with van der Waals surface area (Å²) in [4.78, 5) is 21.5. The summed E-state index contributed by atoms with van der Waals surface area (Å²) in [6.45, 7) is 1.68. The maximum atomic E-state index is 10.8. The number of nitrogens with two attached hydrogens (primary N) is 1. The molecule has 1 aliphatic heterocycles. The second-order valence-corrected chi connectivity index (χ2v) is 5.82. The summed E-state index contributed by atoms with van der Waals surface area (Å²) in [6.07, 6.45) is -1.93. The molecule has 1 saturated heterocycles. The zero-order chi connectivity index (χ0) is 17.7. The molecule has 1 fully saturated rings. The lowest BCUT2D eigenvalue weighted by Gasteiger charge is -2.17. The molecule has 24 heavy (non-hydrogen) atoms. The van der Waals surface area contributed by atoms with Crippen molar-refractivity contribution in [2.24, 2.45) is 5.92 Å². The number of carbonyl (C=O) groups excluding carboxylic acids is 1. The molecule has 6 N–H and O–H groups in total. The van der Waals surface area contributed by atoms with Gasteiger partial charge in [-0.3, -0.25) is 10.6 Å². The predicted molar refractivity (Wildman–Crippen MR) is 86.5 cm³/mol. The van der Waals surface area contributed by atoms with E-state index in [9.17, 15) is 14.7 Å². The van der Waals surface area contributed by atoms with Crippen molar-refractivity contribution in [2.75, 3.05) is 5.73 Å². The van der Waals surface area contributed by atoms with Gasteiger partial charge in [0.2, 0.25) is 0 Å². The molecule has 4 unspecified atom stereocenters. The molecular weight excluding hydrogens is 314 g/mol. The Bertz CT molecular complexity index is 627. The Morgan fingerprint density at radius 2 is 2.12 bits per heavy atom. The number of aliphatic hydroxyl groups is 1. The van der Waals surface area contributed by atoms with Crippen molar-refractivity contribution in [1.82, 2.24) is 10.6 Å². The van der Waals surface area contributed by atoms with Crippen LogP contribution in [0.3, 0.4) is 0 Å². The Morgan fingerprint density at radius 1 is 1.46 bits per heavy atom. The molecule has 1 aromatic rings. The lowest BCUT2D eigenvalue weighted by molar-refractivity contribution is -0.100. The topological polar surface area (TPSA) is 134 Å². The number of rotatable bonds is 6. The van der Waals surface area contributed by atoms with Gasteiger partial charge in [0, 0.05) is 11.6 Å². The monoisotopic (exact) mass is 335 g/mol. The summed E-state index contributed by atoms with van der Waals surface area (Å²) in [5.74, 6) is 1.17. The van der Waals surface area contributed by atoms with Crippen LogP contribution in [0.2, 0.25) is 0 Å². The number of nitrogens with one attached hydrogen (secondary N) is 2. The van der Waals surface area contributed by atoms with E-state index >= 15 is 0 Å². The highest BCUT2D eigenvalue weighted by atomic mass is 16.6. The van der Waals surface area contributed by atoms with Crippen molar-refractivity contribution >= 4 is 17.7 Å². The fraction of sp³-hybridized carbons (Fsp3) is 0.438. The SMILES string of the molecule is CC(CC1NC(Cc2ccc(N)cc2)C(O)O1)C(=C=O)NC(=O)O. The molecule has 0 aromatic heterocycles. The molecule has 8 heteroatoms. The number of benzene rings is 1. The van der Waals surface area contributed by atoms with Gasteiger partial charge in [-0.25, -0.2) is 9.59 Å². The molecule has 1 aromatic carbocycles. The third-order valence-electron chi connectivity index (χ3n) is 3.90.